The van der Waals surface area contributed by atoms with Crippen LogP contribution in [0, 0.1) is 20.8 Å². The van der Waals surface area contributed by atoms with Crippen molar-refractivity contribution in [2.75, 3.05) is 32.7 Å². The van der Waals surface area contributed by atoms with Crippen LogP contribution in [-0.2, 0) is 10.0 Å². The molecule has 0 atom stereocenters. The normalized spacial score (nSPS) is 16.9. The van der Waals surface area contributed by atoms with E-state index in [9.17, 15) is 8.42 Å². The zero-order valence-electron chi connectivity index (χ0n) is 16.4. The summed E-state index contributed by atoms with van der Waals surface area (Å²) in [5, 5.41) is 0. The van der Waals surface area contributed by atoms with Crippen LogP contribution in [-0.4, -0.2) is 45.4 Å². The summed E-state index contributed by atoms with van der Waals surface area (Å²) in [5.74, 6) is 0. The van der Waals surface area contributed by atoms with Crippen LogP contribution < -0.4 is 4.90 Å². The van der Waals surface area contributed by atoms with Gasteiger partial charge in [0.2, 0.25) is 10.0 Å². The molecule has 3 rings (SSSR count). The summed E-state index contributed by atoms with van der Waals surface area (Å²) in [6.45, 7) is 9.52. The lowest BCUT2D eigenvalue weighted by Crippen LogP contribution is -3.14. The molecule has 144 valence electrons. The summed E-state index contributed by atoms with van der Waals surface area (Å²) in [6, 6.07) is 14.2. The van der Waals surface area contributed by atoms with Gasteiger partial charge in [0.1, 0.15) is 0 Å². The van der Waals surface area contributed by atoms with Gasteiger partial charge in [-0.05, 0) is 43.5 Å². The molecule has 0 unspecified atom stereocenters. The third-order valence-electron chi connectivity index (χ3n) is 5.15. The topological polar surface area (TPSA) is 41.8 Å². The Kier molecular flexibility index (Phi) is 6.15. The number of aryl methyl sites for hydroxylation is 3. The van der Waals surface area contributed by atoms with Gasteiger partial charge in [0.05, 0.1) is 37.6 Å². The number of rotatable bonds is 5. The SMILES string of the molecule is Cc1cc(C)c(S(=O)(=O)N2CC[NH+](C/C=C/c3ccccc3)CC2)c(C)c1. The van der Waals surface area contributed by atoms with Crippen LogP contribution in [0.3, 0.4) is 0 Å². The molecule has 1 aliphatic heterocycles. The Hall–Kier alpha value is -1.95. The molecule has 4 nitrogen and oxygen atoms in total. The molecule has 0 aromatic heterocycles. The lowest BCUT2D eigenvalue weighted by Gasteiger charge is -2.31. The van der Waals surface area contributed by atoms with E-state index in [1.54, 1.807) is 4.31 Å². The summed E-state index contributed by atoms with van der Waals surface area (Å²) in [5.41, 5.74) is 3.98. The van der Waals surface area contributed by atoms with E-state index < -0.39 is 10.0 Å². The second-order valence-electron chi connectivity index (χ2n) is 7.40. The first-order chi connectivity index (χ1) is 12.9. The number of benzene rings is 2. The Balaban J connectivity index is 1.62. The summed E-state index contributed by atoms with van der Waals surface area (Å²) in [4.78, 5) is 1.91. The van der Waals surface area contributed by atoms with Crippen molar-refractivity contribution in [3.63, 3.8) is 0 Å². The van der Waals surface area contributed by atoms with E-state index in [1.165, 1.54) is 10.5 Å². The number of sulfonamides is 1. The highest BCUT2D eigenvalue weighted by molar-refractivity contribution is 7.89. The number of nitrogens with one attached hydrogen (secondary N) is 1. The molecule has 2 aromatic rings. The quantitative estimate of drug-likeness (QED) is 0.858. The second kappa shape index (κ2) is 8.38. The molecule has 5 heteroatoms. The van der Waals surface area contributed by atoms with Crippen LogP contribution in [0.5, 0.6) is 0 Å². The minimum Gasteiger partial charge on any atom is -0.329 e. The van der Waals surface area contributed by atoms with Crippen molar-refractivity contribution >= 4 is 16.1 Å². The first-order valence-electron chi connectivity index (χ1n) is 9.51. The maximum absolute atomic E-state index is 13.1. The van der Waals surface area contributed by atoms with Crippen LogP contribution in [0.4, 0.5) is 0 Å². The second-order valence-corrected chi connectivity index (χ2v) is 9.27. The van der Waals surface area contributed by atoms with Gasteiger partial charge in [0.15, 0.2) is 0 Å². The average Bonchev–Trinajstić information content (AvgIpc) is 2.62. The lowest BCUT2D eigenvalue weighted by molar-refractivity contribution is -0.897. The molecule has 0 radical (unpaired) electrons. The highest BCUT2D eigenvalue weighted by Gasteiger charge is 2.32. The van der Waals surface area contributed by atoms with E-state index in [4.69, 9.17) is 0 Å². The molecule has 1 N–H and O–H groups in total. The number of piperazine rings is 1. The molecule has 0 spiro atoms. The Morgan fingerprint density at radius 1 is 1.00 bits per heavy atom. The third kappa shape index (κ3) is 4.67. The molecule has 1 heterocycles. The Morgan fingerprint density at radius 2 is 1.59 bits per heavy atom. The Bertz CT molecular complexity index is 890. The number of hydrogen-bond donors (Lipinski definition) is 1. The average molecular weight is 386 g/mol. The third-order valence-corrected chi connectivity index (χ3v) is 7.35. The summed E-state index contributed by atoms with van der Waals surface area (Å²) >= 11 is 0. The van der Waals surface area contributed by atoms with Crippen molar-refractivity contribution in [1.82, 2.24) is 4.31 Å². The van der Waals surface area contributed by atoms with E-state index in [0.717, 1.165) is 36.3 Å². The monoisotopic (exact) mass is 385 g/mol. The maximum atomic E-state index is 13.1. The van der Waals surface area contributed by atoms with Crippen molar-refractivity contribution < 1.29 is 13.3 Å². The summed E-state index contributed by atoms with van der Waals surface area (Å²) in [6.07, 6.45) is 4.32. The van der Waals surface area contributed by atoms with Crippen molar-refractivity contribution in [3.8, 4) is 0 Å². The molecule has 0 amide bonds. The lowest BCUT2D eigenvalue weighted by atomic mass is 10.1. The van der Waals surface area contributed by atoms with Gasteiger partial charge in [-0.2, -0.15) is 4.31 Å². The zero-order valence-corrected chi connectivity index (χ0v) is 17.2. The van der Waals surface area contributed by atoms with Gasteiger partial charge in [-0.1, -0.05) is 54.1 Å². The van der Waals surface area contributed by atoms with Gasteiger partial charge >= 0.3 is 0 Å². The fraction of sp³-hybridized carbons (Fsp3) is 0.364. The summed E-state index contributed by atoms with van der Waals surface area (Å²) < 4.78 is 28.0. The minimum absolute atomic E-state index is 0.487. The van der Waals surface area contributed by atoms with Crippen LogP contribution >= 0.6 is 0 Å². The number of hydrogen-bond acceptors (Lipinski definition) is 2. The molecule has 1 saturated heterocycles. The standard InChI is InChI=1S/C22H28N2O2S/c1-18-16-19(2)22(20(3)17-18)27(25,26)24-14-12-23(13-15-24)11-7-10-21-8-5-4-6-9-21/h4-10,16-17H,11-15H2,1-3H3/p+1/b10-7+. The fourth-order valence-electron chi connectivity index (χ4n) is 3.88. The van der Waals surface area contributed by atoms with Gasteiger partial charge in [-0.25, -0.2) is 8.42 Å². The molecule has 1 fully saturated rings. The van der Waals surface area contributed by atoms with E-state index >= 15 is 0 Å². The van der Waals surface area contributed by atoms with Crippen molar-refractivity contribution in [3.05, 3.63) is 70.8 Å². The molecule has 0 saturated carbocycles. The number of quaternary nitrogens is 1. The van der Waals surface area contributed by atoms with Gasteiger partial charge in [-0.3, -0.25) is 0 Å². The maximum Gasteiger partial charge on any atom is 0.244 e. The predicted octanol–water partition coefficient (Wildman–Crippen LogP) is 2.21. The molecular formula is C22H29N2O2S+. The molecule has 1 aliphatic rings. The molecule has 0 aliphatic carbocycles. The van der Waals surface area contributed by atoms with Gasteiger partial charge in [0.25, 0.3) is 0 Å². The summed E-state index contributed by atoms with van der Waals surface area (Å²) in [7, 11) is -3.43. The molecule has 27 heavy (non-hydrogen) atoms. The minimum atomic E-state index is -3.43. The van der Waals surface area contributed by atoms with Gasteiger partial charge in [-0.15, -0.1) is 0 Å². The highest BCUT2D eigenvalue weighted by atomic mass is 32.2. The predicted molar refractivity (Wildman–Crippen MR) is 110 cm³/mol. The first-order valence-corrected chi connectivity index (χ1v) is 10.9. The van der Waals surface area contributed by atoms with Gasteiger partial charge < -0.3 is 4.90 Å². The van der Waals surface area contributed by atoms with Crippen LogP contribution in [0.2, 0.25) is 0 Å². The molecule has 2 aromatic carbocycles. The van der Waals surface area contributed by atoms with E-state index in [2.05, 4.69) is 24.3 Å². The Labute approximate surface area is 163 Å². The van der Waals surface area contributed by atoms with E-state index in [1.807, 2.05) is 51.1 Å². The van der Waals surface area contributed by atoms with Crippen molar-refractivity contribution in [1.29, 1.82) is 0 Å². The number of nitrogens with zero attached hydrogens (tertiary/aromatic N) is 1. The largest absolute Gasteiger partial charge is 0.329 e. The molecule has 0 bridgehead atoms. The zero-order chi connectivity index (χ0) is 19.4. The van der Waals surface area contributed by atoms with Gasteiger partial charge in [0, 0.05) is 0 Å². The van der Waals surface area contributed by atoms with Crippen LogP contribution in [0.1, 0.15) is 22.3 Å². The van der Waals surface area contributed by atoms with E-state index in [0.29, 0.717) is 18.0 Å². The van der Waals surface area contributed by atoms with Crippen molar-refractivity contribution in [2.45, 2.75) is 25.7 Å². The molecular weight excluding hydrogens is 356 g/mol. The highest BCUT2D eigenvalue weighted by Crippen LogP contribution is 2.25. The first kappa shape index (κ1) is 19.8. The smallest absolute Gasteiger partial charge is 0.244 e. The van der Waals surface area contributed by atoms with Crippen LogP contribution in [0.15, 0.2) is 53.4 Å². The fourth-order valence-corrected chi connectivity index (χ4v) is 5.73. The Morgan fingerprint density at radius 3 is 2.19 bits per heavy atom. The van der Waals surface area contributed by atoms with Crippen molar-refractivity contribution in [2.24, 2.45) is 0 Å². The van der Waals surface area contributed by atoms with Crippen LogP contribution in [0.25, 0.3) is 6.08 Å². The van der Waals surface area contributed by atoms with E-state index in [-0.39, 0.29) is 0 Å².